The van der Waals surface area contributed by atoms with Gasteiger partial charge < -0.3 is 16.0 Å². The van der Waals surface area contributed by atoms with Crippen LogP contribution in [0.3, 0.4) is 0 Å². The number of urea groups is 1. The number of halogens is 2. The predicted octanol–water partition coefficient (Wildman–Crippen LogP) is 2.97. The molecule has 2 aromatic carbocycles. The minimum Gasteiger partial charge on any atom is -0.341 e. The van der Waals surface area contributed by atoms with Crippen molar-refractivity contribution in [3.63, 3.8) is 0 Å². The van der Waals surface area contributed by atoms with Crippen molar-refractivity contribution in [1.29, 1.82) is 0 Å². The first-order valence-corrected chi connectivity index (χ1v) is 6.35. The Balaban J connectivity index is 2.05. The summed E-state index contributed by atoms with van der Waals surface area (Å²) in [7, 11) is 1.49. The summed E-state index contributed by atoms with van der Waals surface area (Å²) in [5.74, 6) is -2.66. The standard InChI is InChI=1S/C15H13F2N3O2/c1-18-15(22)20-11-5-3-10(4-6-11)19-14(21)9-2-7-12(16)13(17)8-9/h2-8H,1H3,(H,19,21)(H2,18,20,22). The van der Waals surface area contributed by atoms with Gasteiger partial charge in [0.25, 0.3) is 5.91 Å². The van der Waals surface area contributed by atoms with Gasteiger partial charge in [-0.2, -0.15) is 0 Å². The van der Waals surface area contributed by atoms with E-state index in [1.54, 1.807) is 24.3 Å². The molecular weight excluding hydrogens is 292 g/mol. The number of anilines is 2. The van der Waals surface area contributed by atoms with E-state index in [0.29, 0.717) is 11.4 Å². The summed E-state index contributed by atoms with van der Waals surface area (Å²) in [4.78, 5) is 23.0. The van der Waals surface area contributed by atoms with Gasteiger partial charge in [0, 0.05) is 24.0 Å². The highest BCUT2D eigenvalue weighted by molar-refractivity contribution is 6.04. The first-order chi connectivity index (χ1) is 10.5. The predicted molar refractivity (Wildman–Crippen MR) is 78.8 cm³/mol. The van der Waals surface area contributed by atoms with E-state index in [0.717, 1.165) is 12.1 Å². The fraction of sp³-hybridized carbons (Fsp3) is 0.0667. The maximum Gasteiger partial charge on any atom is 0.318 e. The molecule has 0 atom stereocenters. The number of hydrogen-bond donors (Lipinski definition) is 3. The molecule has 0 saturated carbocycles. The average Bonchev–Trinajstić information content (AvgIpc) is 2.51. The Labute approximate surface area is 125 Å². The quantitative estimate of drug-likeness (QED) is 0.816. The van der Waals surface area contributed by atoms with E-state index in [2.05, 4.69) is 16.0 Å². The van der Waals surface area contributed by atoms with E-state index in [1.165, 1.54) is 13.1 Å². The van der Waals surface area contributed by atoms with Crippen molar-refractivity contribution in [3.8, 4) is 0 Å². The van der Waals surface area contributed by atoms with Crippen LogP contribution in [0.15, 0.2) is 42.5 Å². The zero-order chi connectivity index (χ0) is 16.1. The van der Waals surface area contributed by atoms with Crippen LogP contribution >= 0.6 is 0 Å². The maximum atomic E-state index is 13.1. The lowest BCUT2D eigenvalue weighted by Crippen LogP contribution is -2.24. The maximum absolute atomic E-state index is 13.1. The summed E-state index contributed by atoms with van der Waals surface area (Å²) >= 11 is 0. The number of rotatable bonds is 3. The fourth-order valence-electron chi connectivity index (χ4n) is 1.67. The van der Waals surface area contributed by atoms with Crippen LogP contribution in [0.1, 0.15) is 10.4 Å². The van der Waals surface area contributed by atoms with Gasteiger partial charge in [-0.3, -0.25) is 4.79 Å². The Morgan fingerprint density at radius 2 is 1.45 bits per heavy atom. The largest absolute Gasteiger partial charge is 0.341 e. The van der Waals surface area contributed by atoms with Gasteiger partial charge in [-0.25, -0.2) is 13.6 Å². The number of carbonyl (C=O) groups is 2. The topological polar surface area (TPSA) is 70.2 Å². The van der Waals surface area contributed by atoms with Crippen molar-refractivity contribution in [1.82, 2.24) is 5.32 Å². The van der Waals surface area contributed by atoms with E-state index in [9.17, 15) is 18.4 Å². The SMILES string of the molecule is CNC(=O)Nc1ccc(NC(=O)c2ccc(F)c(F)c2)cc1. The summed E-state index contributed by atoms with van der Waals surface area (Å²) in [6, 6.07) is 8.87. The van der Waals surface area contributed by atoms with E-state index in [1.807, 2.05) is 0 Å². The number of amides is 3. The van der Waals surface area contributed by atoms with E-state index in [4.69, 9.17) is 0 Å². The summed E-state index contributed by atoms with van der Waals surface area (Å²) in [6.07, 6.45) is 0. The highest BCUT2D eigenvalue weighted by Crippen LogP contribution is 2.15. The van der Waals surface area contributed by atoms with E-state index < -0.39 is 17.5 Å². The molecule has 2 rings (SSSR count). The third kappa shape index (κ3) is 3.78. The van der Waals surface area contributed by atoms with E-state index in [-0.39, 0.29) is 11.6 Å². The molecule has 0 radical (unpaired) electrons. The van der Waals surface area contributed by atoms with Crippen LogP contribution in [0.5, 0.6) is 0 Å². The van der Waals surface area contributed by atoms with Crippen molar-refractivity contribution >= 4 is 23.3 Å². The average molecular weight is 305 g/mol. The molecule has 3 N–H and O–H groups in total. The van der Waals surface area contributed by atoms with Crippen molar-refractivity contribution in [2.75, 3.05) is 17.7 Å². The summed E-state index contributed by atoms with van der Waals surface area (Å²) < 4.78 is 25.9. The minimum atomic E-state index is -1.09. The molecule has 0 spiro atoms. The summed E-state index contributed by atoms with van der Waals surface area (Å²) in [5, 5.41) is 7.51. The molecule has 0 fully saturated rings. The third-order valence-electron chi connectivity index (χ3n) is 2.81. The Kier molecular flexibility index (Phi) is 4.67. The molecule has 0 aliphatic carbocycles. The van der Waals surface area contributed by atoms with Crippen molar-refractivity contribution in [2.24, 2.45) is 0 Å². The molecule has 0 unspecified atom stereocenters. The lowest BCUT2D eigenvalue weighted by Gasteiger charge is -2.08. The second-order valence-corrected chi connectivity index (χ2v) is 4.36. The molecule has 0 heterocycles. The van der Waals surface area contributed by atoms with Crippen molar-refractivity contribution < 1.29 is 18.4 Å². The Morgan fingerprint density at radius 3 is 2.00 bits per heavy atom. The zero-order valence-corrected chi connectivity index (χ0v) is 11.6. The van der Waals surface area contributed by atoms with Gasteiger partial charge in [0.15, 0.2) is 11.6 Å². The summed E-state index contributed by atoms with van der Waals surface area (Å²) in [5.41, 5.74) is 1.01. The highest BCUT2D eigenvalue weighted by atomic mass is 19.2. The molecule has 0 aliphatic rings. The number of nitrogens with one attached hydrogen (secondary N) is 3. The van der Waals surface area contributed by atoms with Crippen molar-refractivity contribution in [2.45, 2.75) is 0 Å². The molecule has 114 valence electrons. The smallest absolute Gasteiger partial charge is 0.318 e. The minimum absolute atomic E-state index is 0.00598. The van der Waals surface area contributed by atoms with Crippen LogP contribution in [-0.2, 0) is 0 Å². The van der Waals surface area contributed by atoms with Gasteiger partial charge in [0.2, 0.25) is 0 Å². The third-order valence-corrected chi connectivity index (χ3v) is 2.81. The van der Waals surface area contributed by atoms with Crippen LogP contribution in [-0.4, -0.2) is 19.0 Å². The molecule has 22 heavy (non-hydrogen) atoms. The molecule has 7 heteroatoms. The molecular formula is C15H13F2N3O2. The fourth-order valence-corrected chi connectivity index (χ4v) is 1.67. The highest BCUT2D eigenvalue weighted by Gasteiger charge is 2.10. The molecule has 2 aromatic rings. The first kappa shape index (κ1) is 15.4. The summed E-state index contributed by atoms with van der Waals surface area (Å²) in [6.45, 7) is 0. The molecule has 0 aromatic heterocycles. The number of carbonyl (C=O) groups excluding carboxylic acids is 2. The number of hydrogen-bond acceptors (Lipinski definition) is 2. The van der Waals surface area contributed by atoms with Gasteiger partial charge in [0.1, 0.15) is 0 Å². The lowest BCUT2D eigenvalue weighted by atomic mass is 10.2. The van der Waals surface area contributed by atoms with Crippen LogP contribution < -0.4 is 16.0 Å². The normalized spacial score (nSPS) is 9.95. The Bertz CT molecular complexity index is 702. The zero-order valence-electron chi connectivity index (χ0n) is 11.6. The van der Waals surface area contributed by atoms with Crippen molar-refractivity contribution in [3.05, 3.63) is 59.7 Å². The van der Waals surface area contributed by atoms with Gasteiger partial charge in [0.05, 0.1) is 0 Å². The van der Waals surface area contributed by atoms with Gasteiger partial charge in [-0.15, -0.1) is 0 Å². The van der Waals surface area contributed by atoms with Crippen LogP contribution in [0.25, 0.3) is 0 Å². The molecule has 3 amide bonds. The van der Waals surface area contributed by atoms with Gasteiger partial charge >= 0.3 is 6.03 Å². The Morgan fingerprint density at radius 1 is 0.864 bits per heavy atom. The number of benzene rings is 2. The second kappa shape index (κ2) is 6.66. The van der Waals surface area contributed by atoms with Gasteiger partial charge in [-0.05, 0) is 42.5 Å². The Hall–Kier alpha value is -2.96. The second-order valence-electron chi connectivity index (χ2n) is 4.36. The van der Waals surface area contributed by atoms with Crippen LogP contribution in [0, 0.1) is 11.6 Å². The molecule has 0 bridgehead atoms. The first-order valence-electron chi connectivity index (χ1n) is 6.35. The molecule has 0 aliphatic heterocycles. The van der Waals surface area contributed by atoms with Gasteiger partial charge in [-0.1, -0.05) is 0 Å². The van der Waals surface area contributed by atoms with E-state index >= 15 is 0 Å². The molecule has 5 nitrogen and oxygen atoms in total. The lowest BCUT2D eigenvalue weighted by molar-refractivity contribution is 0.102. The molecule has 0 saturated heterocycles. The van der Waals surface area contributed by atoms with Crippen LogP contribution in [0.2, 0.25) is 0 Å². The monoisotopic (exact) mass is 305 g/mol. The van der Waals surface area contributed by atoms with Crippen LogP contribution in [0.4, 0.5) is 25.0 Å².